The highest BCUT2D eigenvalue weighted by atomic mass is 32.2. The van der Waals surface area contributed by atoms with E-state index in [1.807, 2.05) is 59.2 Å². The van der Waals surface area contributed by atoms with Gasteiger partial charge in [0.15, 0.2) is 11.0 Å². The summed E-state index contributed by atoms with van der Waals surface area (Å²) in [6, 6.07) is 17.8. The number of nitrogens with zero attached hydrogens (tertiary/aromatic N) is 3. The summed E-state index contributed by atoms with van der Waals surface area (Å²) in [5.74, 6) is 1.83. The minimum Gasteiger partial charge on any atom is -0.497 e. The molecule has 1 aromatic heterocycles. The molecule has 1 aliphatic carbocycles. The number of para-hydroxylation sites is 1. The van der Waals surface area contributed by atoms with E-state index in [2.05, 4.69) is 10.2 Å². The smallest absolute Gasteiger partial charge is 0.196 e. The van der Waals surface area contributed by atoms with Crippen molar-refractivity contribution in [1.29, 1.82) is 0 Å². The first kappa shape index (κ1) is 17.8. The molecule has 0 spiro atoms. The molecule has 1 fully saturated rings. The van der Waals surface area contributed by atoms with E-state index >= 15 is 0 Å². The second kappa shape index (κ2) is 7.96. The zero-order valence-corrected chi connectivity index (χ0v) is 16.0. The molecule has 3 aromatic rings. The Morgan fingerprint density at radius 2 is 1.93 bits per heavy atom. The van der Waals surface area contributed by atoms with E-state index in [4.69, 9.17) is 4.74 Å². The van der Waals surface area contributed by atoms with Gasteiger partial charge >= 0.3 is 0 Å². The molecule has 0 aliphatic heterocycles. The summed E-state index contributed by atoms with van der Waals surface area (Å²) < 4.78 is 7.39. The van der Waals surface area contributed by atoms with Gasteiger partial charge in [0.05, 0.1) is 12.4 Å². The number of hydrogen-bond donors (Lipinski definition) is 0. The summed E-state index contributed by atoms with van der Waals surface area (Å²) in [5, 5.41) is 9.60. The van der Waals surface area contributed by atoms with Gasteiger partial charge in [0.25, 0.3) is 0 Å². The number of hydrogen-bond acceptors (Lipinski definition) is 5. The van der Waals surface area contributed by atoms with Gasteiger partial charge in [-0.2, -0.15) is 0 Å². The van der Waals surface area contributed by atoms with Crippen molar-refractivity contribution in [1.82, 2.24) is 14.8 Å². The van der Waals surface area contributed by atoms with Crippen molar-refractivity contribution in [2.75, 3.05) is 7.11 Å². The molecular weight excluding hydrogens is 358 g/mol. The van der Waals surface area contributed by atoms with Crippen LogP contribution in [0.15, 0.2) is 59.8 Å². The summed E-state index contributed by atoms with van der Waals surface area (Å²) in [6.45, 7) is 0. The van der Waals surface area contributed by atoms with E-state index in [-0.39, 0.29) is 5.25 Å². The molecule has 0 unspecified atom stereocenters. The van der Waals surface area contributed by atoms with Gasteiger partial charge in [-0.25, -0.2) is 0 Å². The van der Waals surface area contributed by atoms with E-state index in [1.165, 1.54) is 11.8 Å². The van der Waals surface area contributed by atoms with Crippen LogP contribution in [0.4, 0.5) is 0 Å². The zero-order valence-electron chi connectivity index (χ0n) is 15.2. The third-order valence-electron chi connectivity index (χ3n) is 4.72. The fourth-order valence-electron chi connectivity index (χ4n) is 3.31. The van der Waals surface area contributed by atoms with Gasteiger partial charge in [0.2, 0.25) is 0 Å². The predicted octanol–water partition coefficient (Wildman–Crippen LogP) is 4.55. The van der Waals surface area contributed by atoms with Gasteiger partial charge in [-0.15, -0.1) is 10.2 Å². The number of methoxy groups -OCH3 is 1. The zero-order chi connectivity index (χ0) is 18.6. The third kappa shape index (κ3) is 3.76. The second-order valence-corrected chi connectivity index (χ2v) is 7.70. The lowest BCUT2D eigenvalue weighted by molar-refractivity contribution is -0.119. The number of ketones is 1. The Balaban J connectivity index is 1.78. The summed E-state index contributed by atoms with van der Waals surface area (Å²) in [4.78, 5) is 12.3. The topological polar surface area (TPSA) is 57.0 Å². The van der Waals surface area contributed by atoms with Crippen molar-refractivity contribution < 1.29 is 9.53 Å². The quantitative estimate of drug-likeness (QED) is 0.651. The molecule has 138 valence electrons. The maximum Gasteiger partial charge on any atom is 0.196 e. The van der Waals surface area contributed by atoms with Crippen molar-refractivity contribution in [2.24, 2.45) is 0 Å². The Bertz CT molecular complexity index is 940. The van der Waals surface area contributed by atoms with Gasteiger partial charge in [-0.1, -0.05) is 48.5 Å². The molecule has 1 atom stereocenters. The first-order valence-electron chi connectivity index (χ1n) is 9.11. The molecule has 1 heterocycles. The second-order valence-electron chi connectivity index (χ2n) is 6.53. The first-order chi connectivity index (χ1) is 13.3. The molecule has 1 saturated carbocycles. The van der Waals surface area contributed by atoms with Crippen LogP contribution in [0.3, 0.4) is 0 Å². The van der Waals surface area contributed by atoms with Crippen molar-refractivity contribution in [2.45, 2.75) is 36.1 Å². The van der Waals surface area contributed by atoms with Crippen molar-refractivity contribution >= 4 is 17.5 Å². The van der Waals surface area contributed by atoms with E-state index in [9.17, 15) is 4.79 Å². The average molecular weight is 379 g/mol. The molecule has 6 heteroatoms. The van der Waals surface area contributed by atoms with Crippen LogP contribution in [0.2, 0.25) is 0 Å². The normalized spacial score (nSPS) is 17.1. The lowest BCUT2D eigenvalue weighted by Gasteiger charge is -2.20. The summed E-state index contributed by atoms with van der Waals surface area (Å²) in [7, 11) is 1.65. The largest absolute Gasteiger partial charge is 0.497 e. The van der Waals surface area contributed by atoms with Gasteiger partial charge in [-0.3, -0.25) is 9.36 Å². The minimum absolute atomic E-state index is 0.0384. The number of thioether (sulfide) groups is 1. The molecule has 5 nitrogen and oxygen atoms in total. The summed E-state index contributed by atoms with van der Waals surface area (Å²) in [5.41, 5.74) is 1.90. The summed E-state index contributed by atoms with van der Waals surface area (Å²) >= 11 is 1.53. The molecule has 27 heavy (non-hydrogen) atoms. The van der Waals surface area contributed by atoms with Crippen LogP contribution in [0, 0.1) is 0 Å². The van der Waals surface area contributed by atoms with Crippen LogP contribution in [-0.2, 0) is 4.79 Å². The highest BCUT2D eigenvalue weighted by Crippen LogP contribution is 2.35. The molecule has 0 radical (unpaired) electrons. The van der Waals surface area contributed by atoms with E-state index < -0.39 is 0 Å². The lowest BCUT2D eigenvalue weighted by Crippen LogP contribution is -2.21. The highest BCUT2D eigenvalue weighted by molar-refractivity contribution is 8.00. The number of benzene rings is 2. The standard InChI is InChI=1S/C21H21N3O2S/c1-26-17-11-7-8-15(14-17)20-22-23-21(24(20)16-9-3-2-4-10-16)27-19-13-6-5-12-18(19)25/h2-4,7-11,14,19H,5-6,12-13H2,1H3/t19-/m1/s1. The number of aromatic nitrogens is 3. The molecule has 0 amide bonds. The van der Waals surface area contributed by atoms with Crippen LogP contribution >= 0.6 is 11.8 Å². The van der Waals surface area contributed by atoms with Crippen LogP contribution in [0.25, 0.3) is 17.1 Å². The number of rotatable bonds is 5. The fourth-order valence-corrected chi connectivity index (χ4v) is 4.48. The Kier molecular flexibility index (Phi) is 5.25. The molecule has 4 rings (SSSR count). The lowest BCUT2D eigenvalue weighted by atomic mass is 9.99. The molecule has 0 bridgehead atoms. The SMILES string of the molecule is COc1cccc(-c2nnc(S[C@@H]3CCCCC3=O)n2-c2ccccc2)c1. The van der Waals surface area contributed by atoms with Crippen molar-refractivity contribution in [3.05, 3.63) is 54.6 Å². The van der Waals surface area contributed by atoms with Gasteiger partial charge in [0.1, 0.15) is 11.5 Å². The first-order valence-corrected chi connectivity index (χ1v) is 9.99. The molecule has 0 saturated heterocycles. The van der Waals surface area contributed by atoms with Crippen LogP contribution in [0.5, 0.6) is 5.75 Å². The molecule has 1 aliphatic rings. The summed E-state index contributed by atoms with van der Waals surface area (Å²) in [6.07, 6.45) is 3.65. The van der Waals surface area contributed by atoms with Gasteiger partial charge < -0.3 is 4.74 Å². The maximum atomic E-state index is 12.3. The fraction of sp³-hybridized carbons (Fsp3) is 0.286. The molecular formula is C21H21N3O2S. The monoisotopic (exact) mass is 379 g/mol. The molecule has 2 aromatic carbocycles. The Labute approximate surface area is 162 Å². The Hall–Kier alpha value is -2.60. The van der Waals surface area contributed by atoms with Crippen LogP contribution in [-0.4, -0.2) is 32.9 Å². The van der Waals surface area contributed by atoms with Crippen molar-refractivity contribution in [3.63, 3.8) is 0 Å². The Morgan fingerprint density at radius 3 is 2.70 bits per heavy atom. The predicted molar refractivity (Wildman–Crippen MR) is 106 cm³/mol. The number of Topliss-reactive ketones (excluding diaryl/α,β-unsaturated/α-hetero) is 1. The maximum absolute atomic E-state index is 12.3. The number of carbonyl (C=O) groups is 1. The average Bonchev–Trinajstić information content (AvgIpc) is 3.14. The Morgan fingerprint density at radius 1 is 1.07 bits per heavy atom. The highest BCUT2D eigenvalue weighted by Gasteiger charge is 2.27. The van der Waals surface area contributed by atoms with Crippen molar-refractivity contribution in [3.8, 4) is 22.8 Å². The minimum atomic E-state index is -0.0384. The third-order valence-corrected chi connectivity index (χ3v) is 5.98. The number of carbonyl (C=O) groups excluding carboxylic acids is 1. The van der Waals surface area contributed by atoms with E-state index in [0.29, 0.717) is 12.2 Å². The van der Waals surface area contributed by atoms with Gasteiger partial charge in [-0.05, 0) is 37.1 Å². The van der Waals surface area contributed by atoms with Crippen LogP contribution in [0.1, 0.15) is 25.7 Å². The van der Waals surface area contributed by atoms with E-state index in [0.717, 1.165) is 47.2 Å². The van der Waals surface area contributed by atoms with Gasteiger partial charge in [0, 0.05) is 17.7 Å². The van der Waals surface area contributed by atoms with E-state index in [1.54, 1.807) is 7.11 Å². The van der Waals surface area contributed by atoms with Crippen LogP contribution < -0.4 is 4.74 Å². The number of ether oxygens (including phenoxy) is 1. The molecule has 0 N–H and O–H groups in total.